The van der Waals surface area contributed by atoms with Crippen LogP contribution in [0.1, 0.15) is 32.0 Å². The third-order valence-electron chi connectivity index (χ3n) is 4.84. The van der Waals surface area contributed by atoms with Gasteiger partial charge in [-0.05, 0) is 44.9 Å². The van der Waals surface area contributed by atoms with Gasteiger partial charge < -0.3 is 19.5 Å². The highest BCUT2D eigenvalue weighted by molar-refractivity contribution is 14.0. The number of nitrogens with one attached hydrogen (secondary N) is 1. The van der Waals surface area contributed by atoms with Crippen LogP contribution in [-0.2, 0) is 13.0 Å². The van der Waals surface area contributed by atoms with E-state index in [2.05, 4.69) is 39.3 Å². The van der Waals surface area contributed by atoms with E-state index in [-0.39, 0.29) is 30.1 Å². The molecule has 3 rings (SSSR count). The molecule has 0 spiro atoms. The minimum absolute atomic E-state index is 0. The molecule has 30 heavy (non-hydrogen) atoms. The van der Waals surface area contributed by atoms with Gasteiger partial charge in [0.25, 0.3) is 0 Å². The van der Waals surface area contributed by atoms with Crippen LogP contribution in [-0.4, -0.2) is 66.3 Å². The molecule has 1 aromatic heterocycles. The van der Waals surface area contributed by atoms with Gasteiger partial charge in [-0.15, -0.1) is 24.0 Å². The van der Waals surface area contributed by atoms with E-state index in [1.807, 2.05) is 32.0 Å². The van der Waals surface area contributed by atoms with Crippen LogP contribution in [0.4, 0.5) is 0 Å². The average molecular weight is 527 g/mol. The number of aromatic nitrogens is 1. The molecular weight excluding hydrogens is 493 g/mol. The van der Waals surface area contributed by atoms with Crippen molar-refractivity contribution in [2.75, 3.05) is 39.3 Å². The second kappa shape index (κ2) is 12.8. The Balaban J connectivity index is 0.00000320. The van der Waals surface area contributed by atoms with E-state index in [4.69, 9.17) is 14.3 Å². The normalized spacial score (nSPS) is 15.2. The molecule has 1 N–H and O–H groups in total. The maximum atomic E-state index is 5.71. The van der Waals surface area contributed by atoms with Crippen LogP contribution >= 0.6 is 24.0 Å². The SMILES string of the molecule is CCNC(=NCCc1ccc(OC(C)C)cc1)N1CCN(Cc2ccon2)CC1.I. The quantitative estimate of drug-likeness (QED) is 0.323. The molecule has 1 aromatic carbocycles. The molecule has 0 unspecified atom stereocenters. The van der Waals surface area contributed by atoms with Gasteiger partial charge >= 0.3 is 0 Å². The molecule has 0 amide bonds. The fourth-order valence-corrected chi connectivity index (χ4v) is 3.39. The first-order chi connectivity index (χ1) is 14.1. The van der Waals surface area contributed by atoms with E-state index in [9.17, 15) is 0 Å². The van der Waals surface area contributed by atoms with Crippen molar-refractivity contribution in [3.8, 4) is 5.75 Å². The molecule has 2 heterocycles. The number of ether oxygens (including phenoxy) is 1. The van der Waals surface area contributed by atoms with Crippen molar-refractivity contribution in [1.82, 2.24) is 20.3 Å². The highest BCUT2D eigenvalue weighted by Gasteiger charge is 2.20. The number of hydrogen-bond donors (Lipinski definition) is 1. The van der Waals surface area contributed by atoms with Gasteiger partial charge in [0.1, 0.15) is 12.0 Å². The summed E-state index contributed by atoms with van der Waals surface area (Å²) in [6.07, 6.45) is 2.75. The van der Waals surface area contributed by atoms with Gasteiger partial charge in [-0.1, -0.05) is 17.3 Å². The van der Waals surface area contributed by atoms with Crippen LogP contribution in [0.15, 0.2) is 46.1 Å². The Bertz CT molecular complexity index is 741. The van der Waals surface area contributed by atoms with Crippen LogP contribution in [0, 0.1) is 0 Å². The lowest BCUT2D eigenvalue weighted by molar-refractivity contribution is 0.169. The van der Waals surface area contributed by atoms with Crippen molar-refractivity contribution in [2.24, 2.45) is 4.99 Å². The molecule has 1 fully saturated rings. The van der Waals surface area contributed by atoms with Gasteiger partial charge in [-0.3, -0.25) is 9.89 Å². The zero-order valence-electron chi connectivity index (χ0n) is 18.2. The molecule has 7 nitrogen and oxygen atoms in total. The van der Waals surface area contributed by atoms with Crippen LogP contribution < -0.4 is 10.1 Å². The first-order valence-corrected chi connectivity index (χ1v) is 10.5. The number of aliphatic imine (C=N–C) groups is 1. The Morgan fingerprint density at radius 3 is 2.50 bits per heavy atom. The number of piperazine rings is 1. The van der Waals surface area contributed by atoms with E-state index in [0.717, 1.165) is 69.6 Å². The molecule has 1 aliphatic heterocycles. The van der Waals surface area contributed by atoms with Crippen molar-refractivity contribution in [1.29, 1.82) is 0 Å². The lowest BCUT2D eigenvalue weighted by Crippen LogP contribution is -2.52. The molecule has 166 valence electrons. The first-order valence-electron chi connectivity index (χ1n) is 10.5. The molecule has 0 radical (unpaired) electrons. The van der Waals surface area contributed by atoms with Gasteiger partial charge in [-0.2, -0.15) is 0 Å². The Morgan fingerprint density at radius 1 is 1.17 bits per heavy atom. The van der Waals surface area contributed by atoms with Crippen LogP contribution in [0.5, 0.6) is 5.75 Å². The fourth-order valence-electron chi connectivity index (χ4n) is 3.39. The highest BCUT2D eigenvalue weighted by Crippen LogP contribution is 2.14. The van der Waals surface area contributed by atoms with Crippen LogP contribution in [0.2, 0.25) is 0 Å². The second-order valence-electron chi connectivity index (χ2n) is 7.55. The Morgan fingerprint density at radius 2 is 1.90 bits per heavy atom. The predicted octanol–water partition coefficient (Wildman–Crippen LogP) is 3.41. The summed E-state index contributed by atoms with van der Waals surface area (Å²) in [4.78, 5) is 9.61. The topological polar surface area (TPSA) is 66.1 Å². The molecule has 1 saturated heterocycles. The largest absolute Gasteiger partial charge is 0.491 e. The lowest BCUT2D eigenvalue weighted by atomic mass is 10.1. The minimum atomic E-state index is 0. The van der Waals surface area contributed by atoms with Crippen molar-refractivity contribution >= 4 is 29.9 Å². The van der Waals surface area contributed by atoms with E-state index < -0.39 is 0 Å². The van der Waals surface area contributed by atoms with Crippen molar-refractivity contribution < 1.29 is 9.26 Å². The summed E-state index contributed by atoms with van der Waals surface area (Å²) in [7, 11) is 0. The summed E-state index contributed by atoms with van der Waals surface area (Å²) in [6, 6.07) is 10.3. The third kappa shape index (κ3) is 7.79. The number of guanidine groups is 1. The minimum Gasteiger partial charge on any atom is -0.491 e. The zero-order chi connectivity index (χ0) is 20.5. The molecule has 0 atom stereocenters. The number of halogens is 1. The molecule has 0 aliphatic carbocycles. The summed E-state index contributed by atoms with van der Waals surface area (Å²) >= 11 is 0. The molecule has 0 bridgehead atoms. The van der Waals surface area contributed by atoms with Crippen LogP contribution in [0.25, 0.3) is 0 Å². The standard InChI is InChI=1S/C22H33N5O2.HI/c1-4-23-22(24-11-9-19-5-7-21(8-6-19)29-18(2)3)27-14-12-26(13-15-27)17-20-10-16-28-25-20;/h5-8,10,16,18H,4,9,11-15,17H2,1-3H3,(H,23,24);1H. The van der Waals surface area contributed by atoms with Gasteiger partial charge in [0.2, 0.25) is 0 Å². The summed E-state index contributed by atoms with van der Waals surface area (Å²) in [5, 5.41) is 7.45. The smallest absolute Gasteiger partial charge is 0.194 e. The summed E-state index contributed by atoms with van der Waals surface area (Å²) < 4.78 is 10.6. The first kappa shape index (κ1) is 24.5. The Labute approximate surface area is 196 Å². The lowest BCUT2D eigenvalue weighted by Gasteiger charge is -2.36. The monoisotopic (exact) mass is 527 g/mol. The van der Waals surface area contributed by atoms with Crippen molar-refractivity contribution in [3.05, 3.63) is 47.9 Å². The molecular formula is C22H34IN5O2. The van der Waals surface area contributed by atoms with Gasteiger partial charge in [-0.25, -0.2) is 0 Å². The molecule has 8 heteroatoms. The van der Waals surface area contributed by atoms with Crippen molar-refractivity contribution in [2.45, 2.75) is 39.8 Å². The second-order valence-corrected chi connectivity index (χ2v) is 7.55. The Hall–Kier alpha value is -1.81. The predicted molar refractivity (Wildman–Crippen MR) is 131 cm³/mol. The zero-order valence-corrected chi connectivity index (χ0v) is 20.5. The fraction of sp³-hybridized carbons (Fsp3) is 0.545. The number of rotatable bonds is 8. The van der Waals surface area contributed by atoms with E-state index in [1.54, 1.807) is 6.26 Å². The molecule has 0 saturated carbocycles. The highest BCUT2D eigenvalue weighted by atomic mass is 127. The van der Waals surface area contributed by atoms with Crippen molar-refractivity contribution in [3.63, 3.8) is 0 Å². The van der Waals surface area contributed by atoms with Gasteiger partial charge in [0.15, 0.2) is 5.96 Å². The van der Waals surface area contributed by atoms with Gasteiger partial charge in [0.05, 0.1) is 11.8 Å². The van der Waals surface area contributed by atoms with E-state index in [0.29, 0.717) is 0 Å². The number of benzene rings is 1. The third-order valence-corrected chi connectivity index (χ3v) is 4.84. The summed E-state index contributed by atoms with van der Waals surface area (Å²) in [6.45, 7) is 12.6. The van der Waals surface area contributed by atoms with E-state index >= 15 is 0 Å². The molecule has 1 aliphatic rings. The molecule has 2 aromatic rings. The summed E-state index contributed by atoms with van der Waals surface area (Å²) in [5.41, 5.74) is 2.27. The van der Waals surface area contributed by atoms with Gasteiger partial charge in [0, 0.05) is 51.9 Å². The Kier molecular flexibility index (Phi) is 10.4. The maximum Gasteiger partial charge on any atom is 0.194 e. The maximum absolute atomic E-state index is 5.71. The van der Waals surface area contributed by atoms with E-state index in [1.165, 1.54) is 5.56 Å². The van der Waals surface area contributed by atoms with Crippen LogP contribution in [0.3, 0.4) is 0 Å². The summed E-state index contributed by atoms with van der Waals surface area (Å²) in [5.74, 6) is 1.93. The number of hydrogen-bond acceptors (Lipinski definition) is 5. The average Bonchev–Trinajstić information content (AvgIpc) is 3.22. The number of nitrogens with zero attached hydrogens (tertiary/aromatic N) is 4.